The van der Waals surface area contributed by atoms with Gasteiger partial charge in [0.1, 0.15) is 0 Å². The number of carbonyl (C=O) groups excluding carboxylic acids is 1. The summed E-state index contributed by atoms with van der Waals surface area (Å²) in [6, 6.07) is 0. The first kappa shape index (κ1) is 14.9. The monoisotopic (exact) mass is 326 g/mol. The molecule has 1 aliphatic rings. The Hall–Kier alpha value is -0.140. The van der Waals surface area contributed by atoms with Crippen molar-refractivity contribution in [3.63, 3.8) is 0 Å². The normalized spacial score (nSPS) is 20.6. The van der Waals surface area contributed by atoms with Gasteiger partial charge >= 0.3 is 0 Å². The maximum Gasteiger partial charge on any atom is 0.236 e. The summed E-state index contributed by atoms with van der Waals surface area (Å²) in [4.78, 5) is 13.5. The van der Waals surface area contributed by atoms with E-state index < -0.39 is 10.0 Å². The van der Waals surface area contributed by atoms with Gasteiger partial charge in [-0.3, -0.25) is 4.79 Å². The summed E-state index contributed by atoms with van der Waals surface area (Å²) in [6.45, 7) is 5.68. The zero-order chi connectivity index (χ0) is 13.2. The Bertz CT molecular complexity index is 375. The number of carbonyl (C=O) groups is 1. The van der Waals surface area contributed by atoms with Crippen molar-refractivity contribution in [3.8, 4) is 0 Å². The lowest BCUT2D eigenvalue weighted by atomic mass is 10.1. The zero-order valence-corrected chi connectivity index (χ0v) is 12.8. The Balaban J connectivity index is 2.56. The molecule has 0 aromatic carbocycles. The Morgan fingerprint density at radius 3 is 2.00 bits per heavy atom. The number of amides is 1. The smallest absolute Gasteiger partial charge is 0.236 e. The van der Waals surface area contributed by atoms with Gasteiger partial charge in [0, 0.05) is 26.2 Å². The van der Waals surface area contributed by atoms with Gasteiger partial charge in [-0.2, -0.15) is 4.31 Å². The third-order valence-electron chi connectivity index (χ3n) is 2.84. The Morgan fingerprint density at radius 1 is 1.18 bits per heavy atom. The van der Waals surface area contributed by atoms with Crippen molar-refractivity contribution in [2.75, 3.05) is 32.4 Å². The quantitative estimate of drug-likeness (QED) is 0.710. The molecule has 0 bridgehead atoms. The highest BCUT2D eigenvalue weighted by Crippen LogP contribution is 2.17. The molecule has 0 aromatic heterocycles. The summed E-state index contributed by atoms with van der Waals surface area (Å²) in [5.41, 5.74) is 0. The minimum Gasteiger partial charge on any atom is -0.339 e. The van der Waals surface area contributed by atoms with Crippen LogP contribution in [0.4, 0.5) is 0 Å². The number of piperazine rings is 1. The van der Waals surface area contributed by atoms with Gasteiger partial charge in [0.25, 0.3) is 0 Å². The van der Waals surface area contributed by atoms with Gasteiger partial charge in [-0.05, 0) is 5.92 Å². The second-order valence-corrected chi connectivity index (χ2v) is 7.60. The summed E-state index contributed by atoms with van der Waals surface area (Å²) >= 11 is 3.37. The minimum atomic E-state index is -3.13. The molecule has 0 saturated carbocycles. The topological polar surface area (TPSA) is 57.7 Å². The molecular weight excluding hydrogens is 308 g/mol. The van der Waals surface area contributed by atoms with E-state index in [2.05, 4.69) is 15.9 Å². The summed E-state index contributed by atoms with van der Waals surface area (Å²) < 4.78 is 24.0. The SMILES string of the molecule is CC(C)C(Br)C(=O)N1CCN(S(C)(=O)=O)CC1. The number of halogens is 1. The third kappa shape index (κ3) is 3.93. The molecule has 1 heterocycles. The van der Waals surface area contributed by atoms with Crippen molar-refractivity contribution < 1.29 is 13.2 Å². The molecule has 7 heteroatoms. The highest BCUT2D eigenvalue weighted by atomic mass is 79.9. The molecule has 5 nitrogen and oxygen atoms in total. The molecule has 0 radical (unpaired) electrons. The molecule has 0 N–H and O–H groups in total. The highest BCUT2D eigenvalue weighted by molar-refractivity contribution is 9.10. The van der Waals surface area contributed by atoms with Crippen LogP contribution in [0.1, 0.15) is 13.8 Å². The van der Waals surface area contributed by atoms with E-state index >= 15 is 0 Å². The van der Waals surface area contributed by atoms with Crippen LogP contribution in [0, 0.1) is 5.92 Å². The van der Waals surface area contributed by atoms with Crippen LogP contribution in [0.2, 0.25) is 0 Å². The molecule has 0 aromatic rings. The van der Waals surface area contributed by atoms with Gasteiger partial charge in [0.15, 0.2) is 0 Å². The second-order valence-electron chi connectivity index (χ2n) is 4.63. The number of hydrogen-bond donors (Lipinski definition) is 0. The number of sulfonamides is 1. The van der Waals surface area contributed by atoms with Crippen LogP contribution in [0.15, 0.2) is 0 Å². The van der Waals surface area contributed by atoms with Gasteiger partial charge in [0.2, 0.25) is 15.9 Å². The first-order valence-corrected chi connectivity index (χ1v) is 8.38. The van der Waals surface area contributed by atoms with E-state index in [0.717, 1.165) is 0 Å². The van der Waals surface area contributed by atoms with E-state index in [9.17, 15) is 13.2 Å². The molecule has 17 heavy (non-hydrogen) atoms. The van der Waals surface area contributed by atoms with Crippen LogP contribution < -0.4 is 0 Å². The Morgan fingerprint density at radius 2 is 1.65 bits per heavy atom. The molecule has 1 amide bonds. The zero-order valence-electron chi connectivity index (χ0n) is 10.4. The standard InChI is InChI=1S/C10H19BrN2O3S/c1-8(2)9(11)10(14)12-4-6-13(7-5-12)17(3,15)16/h8-9H,4-7H2,1-3H3. The van der Waals surface area contributed by atoms with Crippen molar-refractivity contribution >= 4 is 31.9 Å². The molecule has 100 valence electrons. The summed E-state index contributed by atoms with van der Waals surface area (Å²) in [5, 5.41) is 0. The average molecular weight is 327 g/mol. The van der Waals surface area contributed by atoms with Gasteiger partial charge in [0.05, 0.1) is 11.1 Å². The van der Waals surface area contributed by atoms with E-state index in [1.54, 1.807) is 4.90 Å². The summed E-state index contributed by atoms with van der Waals surface area (Å²) in [6.07, 6.45) is 1.20. The van der Waals surface area contributed by atoms with Crippen molar-refractivity contribution in [3.05, 3.63) is 0 Å². The molecule has 0 spiro atoms. The molecule has 0 aliphatic carbocycles. The van der Waals surface area contributed by atoms with E-state index in [1.807, 2.05) is 13.8 Å². The molecule has 1 unspecified atom stereocenters. The summed E-state index contributed by atoms with van der Waals surface area (Å²) in [7, 11) is -3.13. The Kier molecular flexibility index (Phi) is 4.97. The summed E-state index contributed by atoms with van der Waals surface area (Å²) in [5.74, 6) is 0.281. The number of alkyl halides is 1. The lowest BCUT2D eigenvalue weighted by molar-refractivity contribution is -0.132. The predicted molar refractivity (Wildman–Crippen MR) is 70.5 cm³/mol. The second kappa shape index (κ2) is 5.67. The van der Waals surface area contributed by atoms with E-state index in [0.29, 0.717) is 26.2 Å². The van der Waals surface area contributed by atoms with Crippen LogP contribution >= 0.6 is 15.9 Å². The van der Waals surface area contributed by atoms with Crippen LogP contribution in [0.3, 0.4) is 0 Å². The highest BCUT2D eigenvalue weighted by Gasteiger charge is 2.29. The molecule has 1 fully saturated rings. The van der Waals surface area contributed by atoms with E-state index in [-0.39, 0.29) is 16.7 Å². The fraction of sp³-hybridized carbons (Fsp3) is 0.900. The predicted octanol–water partition coefficient (Wildman–Crippen LogP) is 0.510. The maximum absolute atomic E-state index is 12.0. The van der Waals surface area contributed by atoms with Crippen molar-refractivity contribution in [2.24, 2.45) is 5.92 Å². The van der Waals surface area contributed by atoms with Crippen LogP contribution in [-0.2, 0) is 14.8 Å². The maximum atomic E-state index is 12.0. The fourth-order valence-electron chi connectivity index (χ4n) is 1.70. The van der Waals surface area contributed by atoms with Crippen molar-refractivity contribution in [1.29, 1.82) is 0 Å². The molecule has 1 saturated heterocycles. The van der Waals surface area contributed by atoms with Gasteiger partial charge < -0.3 is 4.90 Å². The molecule has 1 atom stereocenters. The molecule has 1 rings (SSSR count). The fourth-order valence-corrected chi connectivity index (χ4v) is 2.82. The number of rotatable bonds is 3. The number of nitrogens with zero attached hydrogens (tertiary/aromatic N) is 2. The van der Waals surface area contributed by atoms with Crippen LogP contribution in [0.5, 0.6) is 0 Å². The largest absolute Gasteiger partial charge is 0.339 e. The minimum absolute atomic E-state index is 0.0492. The van der Waals surface area contributed by atoms with Crippen molar-refractivity contribution in [2.45, 2.75) is 18.7 Å². The van der Waals surface area contributed by atoms with Crippen LogP contribution in [-0.4, -0.2) is 60.8 Å². The average Bonchev–Trinajstić information content (AvgIpc) is 2.26. The van der Waals surface area contributed by atoms with Crippen LogP contribution in [0.25, 0.3) is 0 Å². The van der Waals surface area contributed by atoms with Crippen molar-refractivity contribution in [1.82, 2.24) is 9.21 Å². The first-order valence-electron chi connectivity index (χ1n) is 5.61. The lowest BCUT2D eigenvalue weighted by Gasteiger charge is -2.34. The third-order valence-corrected chi connectivity index (χ3v) is 5.59. The first-order chi connectivity index (χ1) is 7.73. The Labute approximate surface area is 111 Å². The van der Waals surface area contributed by atoms with Gasteiger partial charge in [-0.1, -0.05) is 29.8 Å². The van der Waals surface area contributed by atoms with E-state index in [1.165, 1.54) is 10.6 Å². The number of hydrogen-bond acceptors (Lipinski definition) is 3. The van der Waals surface area contributed by atoms with Gasteiger partial charge in [-0.15, -0.1) is 0 Å². The molecular formula is C10H19BrN2O3S. The van der Waals surface area contributed by atoms with Gasteiger partial charge in [-0.25, -0.2) is 8.42 Å². The lowest BCUT2D eigenvalue weighted by Crippen LogP contribution is -2.52. The molecule has 1 aliphatic heterocycles. The van der Waals surface area contributed by atoms with E-state index in [4.69, 9.17) is 0 Å².